The number of carbonyl (C=O) groups excluding carboxylic acids is 4. The van der Waals surface area contributed by atoms with Crippen molar-refractivity contribution >= 4 is 40.2 Å². The Labute approximate surface area is 202 Å². The van der Waals surface area contributed by atoms with E-state index in [-0.39, 0.29) is 36.2 Å². The van der Waals surface area contributed by atoms with Gasteiger partial charge in [0, 0.05) is 30.1 Å². The van der Waals surface area contributed by atoms with Crippen molar-refractivity contribution in [1.82, 2.24) is 20.1 Å². The first-order valence-corrected chi connectivity index (χ1v) is 12.2. The van der Waals surface area contributed by atoms with Crippen LogP contribution in [-0.4, -0.2) is 63.2 Å². The van der Waals surface area contributed by atoms with Crippen LogP contribution in [0.2, 0.25) is 0 Å². The highest BCUT2D eigenvalue weighted by Gasteiger charge is 2.53. The van der Waals surface area contributed by atoms with Crippen LogP contribution in [0.15, 0.2) is 23.6 Å². The third-order valence-electron chi connectivity index (χ3n) is 6.41. The Kier molecular flexibility index (Phi) is 6.44. The summed E-state index contributed by atoms with van der Waals surface area (Å²) >= 11 is 1.28. The number of carbonyl (C=O) groups is 4. The number of urea groups is 1. The predicted molar refractivity (Wildman–Crippen MR) is 129 cm³/mol. The number of nitrogens with one attached hydrogen (secondary N) is 2. The van der Waals surface area contributed by atoms with E-state index in [0.717, 1.165) is 11.1 Å². The molecule has 10 heteroatoms. The lowest BCUT2D eigenvalue weighted by molar-refractivity contribution is -0.138. The van der Waals surface area contributed by atoms with Gasteiger partial charge in [-0.25, -0.2) is 9.78 Å². The van der Waals surface area contributed by atoms with Crippen LogP contribution in [0.25, 0.3) is 0 Å². The van der Waals surface area contributed by atoms with E-state index in [9.17, 15) is 19.2 Å². The van der Waals surface area contributed by atoms with Crippen molar-refractivity contribution in [2.45, 2.75) is 58.5 Å². The van der Waals surface area contributed by atoms with Crippen LogP contribution in [0.1, 0.15) is 53.9 Å². The SMILES string of the molecule is Cc1ccc(C(=O)Nc2nc(CC(=O)N3CCC4(CC3)NC(=O)N(C(C)C)C4=O)cs2)c(C)c1. The molecule has 2 fully saturated rings. The second kappa shape index (κ2) is 9.17. The number of hydrogen-bond acceptors (Lipinski definition) is 6. The molecule has 0 unspecified atom stereocenters. The molecule has 0 aliphatic carbocycles. The van der Waals surface area contributed by atoms with Gasteiger partial charge >= 0.3 is 6.03 Å². The van der Waals surface area contributed by atoms with E-state index in [1.807, 2.05) is 39.8 Å². The molecule has 2 saturated heterocycles. The molecule has 0 radical (unpaired) electrons. The van der Waals surface area contributed by atoms with Crippen LogP contribution < -0.4 is 10.6 Å². The largest absolute Gasteiger partial charge is 0.342 e. The van der Waals surface area contributed by atoms with E-state index < -0.39 is 5.54 Å². The average Bonchev–Trinajstić information content (AvgIpc) is 3.29. The Bertz CT molecular complexity index is 1150. The predicted octanol–water partition coefficient (Wildman–Crippen LogP) is 2.88. The minimum atomic E-state index is -0.912. The van der Waals surface area contributed by atoms with Gasteiger partial charge in [-0.15, -0.1) is 11.3 Å². The van der Waals surface area contributed by atoms with Gasteiger partial charge in [-0.3, -0.25) is 24.6 Å². The maximum absolute atomic E-state index is 12.8. The molecular formula is C24H29N5O4S. The van der Waals surface area contributed by atoms with Crippen LogP contribution in [-0.2, 0) is 16.0 Å². The lowest BCUT2D eigenvalue weighted by Crippen LogP contribution is -2.56. The molecule has 2 aliphatic rings. The summed E-state index contributed by atoms with van der Waals surface area (Å²) in [5.41, 5.74) is 2.24. The van der Waals surface area contributed by atoms with E-state index in [1.54, 1.807) is 16.3 Å². The fourth-order valence-electron chi connectivity index (χ4n) is 4.53. The van der Waals surface area contributed by atoms with E-state index >= 15 is 0 Å². The Hall–Kier alpha value is -3.27. The number of anilines is 1. The topological polar surface area (TPSA) is 112 Å². The van der Waals surface area contributed by atoms with Crippen molar-refractivity contribution in [3.63, 3.8) is 0 Å². The average molecular weight is 484 g/mol. The number of aryl methyl sites for hydroxylation is 2. The number of rotatable bonds is 5. The molecule has 1 aromatic heterocycles. The van der Waals surface area contributed by atoms with E-state index in [4.69, 9.17) is 0 Å². The Morgan fingerprint density at radius 3 is 2.53 bits per heavy atom. The highest BCUT2D eigenvalue weighted by atomic mass is 32.1. The van der Waals surface area contributed by atoms with Crippen molar-refractivity contribution < 1.29 is 19.2 Å². The van der Waals surface area contributed by atoms with Gasteiger partial charge in [0.15, 0.2) is 5.13 Å². The molecular weight excluding hydrogens is 454 g/mol. The van der Waals surface area contributed by atoms with E-state index in [2.05, 4.69) is 15.6 Å². The van der Waals surface area contributed by atoms with E-state index in [1.165, 1.54) is 16.2 Å². The fraction of sp³-hybridized carbons (Fsp3) is 0.458. The van der Waals surface area contributed by atoms with Gasteiger partial charge < -0.3 is 10.2 Å². The Morgan fingerprint density at radius 2 is 1.91 bits per heavy atom. The molecule has 4 rings (SSSR count). The van der Waals surface area contributed by atoms with E-state index in [0.29, 0.717) is 42.3 Å². The van der Waals surface area contributed by atoms with Crippen LogP contribution in [0, 0.1) is 13.8 Å². The number of aromatic nitrogens is 1. The monoisotopic (exact) mass is 483 g/mol. The van der Waals surface area contributed by atoms with Crippen molar-refractivity contribution in [1.29, 1.82) is 0 Å². The first-order valence-electron chi connectivity index (χ1n) is 11.4. The third kappa shape index (κ3) is 4.54. The molecule has 2 aromatic rings. The second-order valence-electron chi connectivity index (χ2n) is 9.26. The van der Waals surface area contributed by atoms with Crippen LogP contribution in [0.4, 0.5) is 9.93 Å². The molecule has 2 aliphatic heterocycles. The third-order valence-corrected chi connectivity index (χ3v) is 7.22. The van der Waals surface area contributed by atoms with Crippen molar-refractivity contribution in [2.75, 3.05) is 18.4 Å². The molecule has 0 atom stereocenters. The van der Waals surface area contributed by atoms with Crippen molar-refractivity contribution in [2.24, 2.45) is 0 Å². The van der Waals surface area contributed by atoms with Gasteiger partial charge in [-0.2, -0.15) is 0 Å². The summed E-state index contributed by atoms with van der Waals surface area (Å²) in [4.78, 5) is 57.9. The summed E-state index contributed by atoms with van der Waals surface area (Å²) in [6.07, 6.45) is 0.892. The zero-order valence-corrected chi connectivity index (χ0v) is 20.6. The zero-order valence-electron chi connectivity index (χ0n) is 19.8. The highest BCUT2D eigenvalue weighted by Crippen LogP contribution is 2.31. The van der Waals surface area contributed by atoms with Gasteiger partial charge in [-0.05, 0) is 52.2 Å². The molecule has 1 aromatic carbocycles. The molecule has 0 saturated carbocycles. The minimum absolute atomic E-state index is 0.0927. The number of benzene rings is 1. The lowest BCUT2D eigenvalue weighted by atomic mass is 9.87. The number of imide groups is 1. The molecule has 5 amide bonds. The second-order valence-corrected chi connectivity index (χ2v) is 10.1. The normalized spacial score (nSPS) is 17.4. The summed E-state index contributed by atoms with van der Waals surface area (Å²) in [7, 11) is 0. The lowest BCUT2D eigenvalue weighted by Gasteiger charge is -2.37. The first-order chi connectivity index (χ1) is 16.1. The summed E-state index contributed by atoms with van der Waals surface area (Å²) in [6, 6.07) is 5.06. The highest BCUT2D eigenvalue weighted by molar-refractivity contribution is 7.14. The van der Waals surface area contributed by atoms with Gasteiger partial charge in [0.1, 0.15) is 5.54 Å². The molecule has 0 bridgehead atoms. The number of nitrogens with zero attached hydrogens (tertiary/aromatic N) is 3. The molecule has 3 heterocycles. The number of piperidine rings is 1. The number of amides is 5. The van der Waals surface area contributed by atoms with Crippen molar-refractivity contribution in [3.8, 4) is 0 Å². The summed E-state index contributed by atoms with van der Waals surface area (Å²) < 4.78 is 0. The smallest absolute Gasteiger partial charge is 0.325 e. The molecule has 1 spiro atoms. The minimum Gasteiger partial charge on any atom is -0.342 e. The summed E-state index contributed by atoms with van der Waals surface area (Å²) in [6.45, 7) is 8.25. The van der Waals surface area contributed by atoms with Gasteiger partial charge in [-0.1, -0.05) is 17.7 Å². The van der Waals surface area contributed by atoms with Crippen LogP contribution in [0.3, 0.4) is 0 Å². The van der Waals surface area contributed by atoms with Crippen LogP contribution >= 0.6 is 11.3 Å². The maximum Gasteiger partial charge on any atom is 0.325 e. The Balaban J connectivity index is 1.33. The van der Waals surface area contributed by atoms with Gasteiger partial charge in [0.2, 0.25) is 5.91 Å². The van der Waals surface area contributed by atoms with Gasteiger partial charge in [0.25, 0.3) is 11.8 Å². The number of hydrogen-bond donors (Lipinski definition) is 2. The zero-order chi connectivity index (χ0) is 24.6. The maximum atomic E-state index is 12.8. The quantitative estimate of drug-likeness (QED) is 0.635. The number of thiazole rings is 1. The summed E-state index contributed by atoms with van der Waals surface area (Å²) in [5.74, 6) is -0.530. The number of likely N-dealkylation sites (tertiary alicyclic amines) is 1. The molecule has 2 N–H and O–H groups in total. The standard InChI is InChI=1S/C24H29N5O4S/c1-14(2)29-21(32)24(27-23(29)33)7-9-28(10-8-24)19(30)12-17-13-34-22(25-17)26-20(31)18-6-5-15(3)11-16(18)4/h5-6,11,13-14H,7-10,12H2,1-4H3,(H,27,33)(H,25,26,31). The van der Waals surface area contributed by atoms with Gasteiger partial charge in [0.05, 0.1) is 12.1 Å². The Morgan fingerprint density at radius 1 is 1.21 bits per heavy atom. The first kappa shape index (κ1) is 23.9. The van der Waals surface area contributed by atoms with Crippen LogP contribution in [0.5, 0.6) is 0 Å². The van der Waals surface area contributed by atoms with Crippen molar-refractivity contribution in [3.05, 3.63) is 46.0 Å². The molecule has 9 nitrogen and oxygen atoms in total. The molecule has 180 valence electrons. The fourth-order valence-corrected chi connectivity index (χ4v) is 5.24. The summed E-state index contributed by atoms with van der Waals surface area (Å²) in [5, 5.41) is 7.87. The molecule has 34 heavy (non-hydrogen) atoms.